The lowest BCUT2D eigenvalue weighted by atomic mass is 10.1. The third kappa shape index (κ3) is 3.72. The highest BCUT2D eigenvalue weighted by Crippen LogP contribution is 2.38. The number of H-pyrrole nitrogens is 1. The molecule has 1 aromatic carbocycles. The molecule has 4 nitrogen and oxygen atoms in total. The zero-order valence-electron chi connectivity index (χ0n) is 12.1. The Balaban J connectivity index is 2.02. The van der Waals surface area contributed by atoms with Crippen LogP contribution in [0.2, 0.25) is 0 Å². The number of aromatic amines is 1. The second-order valence-electron chi connectivity index (χ2n) is 5.18. The van der Waals surface area contributed by atoms with E-state index >= 15 is 0 Å². The monoisotopic (exact) mass is 294 g/mol. The summed E-state index contributed by atoms with van der Waals surface area (Å²) in [6.45, 7) is 4.06. The van der Waals surface area contributed by atoms with E-state index in [0.717, 1.165) is 29.3 Å². The van der Waals surface area contributed by atoms with Crippen LogP contribution in [0.3, 0.4) is 0 Å². The van der Waals surface area contributed by atoms with Crippen LogP contribution in [0, 0.1) is 0 Å². The summed E-state index contributed by atoms with van der Waals surface area (Å²) in [5.74, 6) is 0. The van der Waals surface area contributed by atoms with Gasteiger partial charge in [0, 0.05) is 29.3 Å². The first-order valence-electron chi connectivity index (χ1n) is 7.20. The predicted molar refractivity (Wildman–Crippen MR) is 84.2 cm³/mol. The van der Waals surface area contributed by atoms with Crippen molar-refractivity contribution in [1.29, 1.82) is 0 Å². The fraction of sp³-hybridized carbons (Fsp3) is 0.467. The lowest BCUT2D eigenvalue weighted by Crippen LogP contribution is -2.26. The fourth-order valence-corrected chi connectivity index (χ4v) is 4.04. The smallest absolute Gasteiger partial charge is 0.267 e. The van der Waals surface area contributed by atoms with Crippen LogP contribution < -0.4 is 5.09 Å². The third-order valence-electron chi connectivity index (χ3n) is 3.73. The van der Waals surface area contributed by atoms with Crippen LogP contribution in [0.1, 0.15) is 32.3 Å². The Labute approximate surface area is 120 Å². The van der Waals surface area contributed by atoms with Crippen molar-refractivity contribution in [3.05, 3.63) is 36.0 Å². The lowest BCUT2D eigenvalue weighted by Gasteiger charge is -2.19. The van der Waals surface area contributed by atoms with E-state index in [-0.39, 0.29) is 12.2 Å². The van der Waals surface area contributed by atoms with Crippen molar-refractivity contribution in [2.45, 2.75) is 39.2 Å². The third-order valence-corrected chi connectivity index (χ3v) is 5.33. The highest BCUT2D eigenvalue weighted by atomic mass is 31.2. The average molecular weight is 294 g/mol. The molecule has 0 aliphatic heterocycles. The van der Waals surface area contributed by atoms with E-state index < -0.39 is 7.52 Å². The van der Waals surface area contributed by atoms with Crippen LogP contribution in [-0.4, -0.2) is 22.1 Å². The summed E-state index contributed by atoms with van der Waals surface area (Å²) in [7, 11) is -3.26. The molecule has 0 aliphatic carbocycles. The van der Waals surface area contributed by atoms with Crippen LogP contribution in [0.4, 0.5) is 0 Å². The standard InChI is InChI=1S/C15H23N2O2P/c1-3-13(4-2)17-20(18,19)10-9-12-11-16-15-8-6-5-7-14(12)15/h5-8,11,13,16H,3-4,9-10H2,1-2H3,(H2,17,18,19). The first kappa shape index (κ1) is 15.3. The molecule has 0 saturated carbocycles. The van der Waals surface area contributed by atoms with Crippen LogP contribution in [0.5, 0.6) is 0 Å². The topological polar surface area (TPSA) is 65.1 Å². The highest BCUT2D eigenvalue weighted by molar-refractivity contribution is 7.55. The van der Waals surface area contributed by atoms with E-state index in [0.29, 0.717) is 6.42 Å². The summed E-state index contributed by atoms with van der Waals surface area (Å²) in [4.78, 5) is 13.2. The Kier molecular flexibility index (Phi) is 5.03. The van der Waals surface area contributed by atoms with Gasteiger partial charge in [0.2, 0.25) is 0 Å². The molecule has 1 atom stereocenters. The van der Waals surface area contributed by atoms with Gasteiger partial charge < -0.3 is 9.88 Å². The minimum absolute atomic E-state index is 0.119. The quantitative estimate of drug-likeness (QED) is 0.683. The van der Waals surface area contributed by atoms with Crippen LogP contribution in [0.25, 0.3) is 10.9 Å². The van der Waals surface area contributed by atoms with Crippen molar-refractivity contribution in [2.24, 2.45) is 0 Å². The van der Waals surface area contributed by atoms with Gasteiger partial charge in [-0.3, -0.25) is 4.57 Å². The molecule has 2 rings (SSSR count). The SMILES string of the molecule is CCC(CC)NP(=O)(O)CCc1c[nH]c2ccccc12. The van der Waals surface area contributed by atoms with Gasteiger partial charge in [-0.2, -0.15) is 0 Å². The van der Waals surface area contributed by atoms with Crippen molar-refractivity contribution >= 4 is 18.4 Å². The van der Waals surface area contributed by atoms with E-state index in [1.54, 1.807) is 0 Å². The summed E-state index contributed by atoms with van der Waals surface area (Å²) >= 11 is 0. The molecular weight excluding hydrogens is 271 g/mol. The second-order valence-corrected chi connectivity index (χ2v) is 7.29. The molecule has 0 amide bonds. The average Bonchev–Trinajstić information content (AvgIpc) is 2.86. The van der Waals surface area contributed by atoms with Gasteiger partial charge in [-0.1, -0.05) is 32.0 Å². The maximum Gasteiger partial charge on any atom is 0.267 e. The van der Waals surface area contributed by atoms with E-state index in [1.165, 1.54) is 0 Å². The van der Waals surface area contributed by atoms with Crippen molar-refractivity contribution in [1.82, 2.24) is 10.1 Å². The van der Waals surface area contributed by atoms with E-state index in [2.05, 4.69) is 10.1 Å². The molecule has 1 heterocycles. The molecule has 0 fully saturated rings. The molecule has 2 aromatic rings. The molecule has 20 heavy (non-hydrogen) atoms. The number of aromatic nitrogens is 1. The summed E-state index contributed by atoms with van der Waals surface area (Å²) < 4.78 is 12.2. The fourth-order valence-electron chi connectivity index (χ4n) is 2.43. The number of rotatable bonds is 7. The minimum Gasteiger partial charge on any atom is -0.361 e. The Hall–Kier alpha value is -1.09. The molecule has 0 aliphatic rings. The van der Waals surface area contributed by atoms with Gasteiger partial charge in [0.1, 0.15) is 0 Å². The van der Waals surface area contributed by atoms with Crippen LogP contribution in [-0.2, 0) is 11.0 Å². The normalized spacial score (nSPS) is 14.8. The molecule has 5 heteroatoms. The Bertz CT molecular complexity index is 605. The van der Waals surface area contributed by atoms with Crippen LogP contribution >= 0.6 is 7.52 Å². The summed E-state index contributed by atoms with van der Waals surface area (Å²) in [6, 6.07) is 8.14. The zero-order chi connectivity index (χ0) is 14.6. The number of benzene rings is 1. The molecular formula is C15H23N2O2P. The predicted octanol–water partition coefficient (Wildman–Crippen LogP) is 3.67. The summed E-state index contributed by atoms with van der Waals surface area (Å²) in [6.07, 6.45) is 4.54. The van der Waals surface area contributed by atoms with Crippen molar-refractivity contribution in [3.8, 4) is 0 Å². The number of fused-ring (bicyclic) bond motifs is 1. The maximum absolute atomic E-state index is 12.2. The van der Waals surface area contributed by atoms with E-state index in [1.807, 2.05) is 44.3 Å². The largest absolute Gasteiger partial charge is 0.361 e. The number of para-hydroxylation sites is 1. The van der Waals surface area contributed by atoms with E-state index in [9.17, 15) is 9.46 Å². The molecule has 3 N–H and O–H groups in total. The Morgan fingerprint density at radius 2 is 2.00 bits per heavy atom. The van der Waals surface area contributed by atoms with Gasteiger partial charge in [-0.15, -0.1) is 0 Å². The number of hydrogen-bond acceptors (Lipinski definition) is 1. The van der Waals surface area contributed by atoms with Crippen molar-refractivity contribution in [2.75, 3.05) is 6.16 Å². The number of aryl methyl sites for hydroxylation is 1. The zero-order valence-corrected chi connectivity index (χ0v) is 13.0. The Morgan fingerprint density at radius 3 is 2.70 bits per heavy atom. The van der Waals surface area contributed by atoms with Crippen LogP contribution in [0.15, 0.2) is 30.5 Å². The van der Waals surface area contributed by atoms with Gasteiger partial charge >= 0.3 is 0 Å². The minimum atomic E-state index is -3.26. The second kappa shape index (κ2) is 6.57. The maximum atomic E-state index is 12.2. The molecule has 0 saturated heterocycles. The number of nitrogens with one attached hydrogen (secondary N) is 2. The molecule has 110 valence electrons. The molecule has 1 unspecified atom stereocenters. The van der Waals surface area contributed by atoms with Gasteiger partial charge in [0.15, 0.2) is 0 Å². The van der Waals surface area contributed by atoms with Crippen molar-refractivity contribution < 1.29 is 9.46 Å². The van der Waals surface area contributed by atoms with Gasteiger partial charge in [-0.05, 0) is 30.9 Å². The van der Waals surface area contributed by atoms with Gasteiger partial charge in [0.05, 0.1) is 0 Å². The van der Waals surface area contributed by atoms with E-state index in [4.69, 9.17) is 0 Å². The first-order valence-corrected chi connectivity index (χ1v) is 9.04. The van der Waals surface area contributed by atoms with Gasteiger partial charge in [-0.25, -0.2) is 5.09 Å². The molecule has 1 aromatic heterocycles. The summed E-state index contributed by atoms with van der Waals surface area (Å²) in [5.41, 5.74) is 2.17. The summed E-state index contributed by atoms with van der Waals surface area (Å²) in [5, 5.41) is 4.04. The lowest BCUT2D eigenvalue weighted by molar-refractivity contribution is 0.439. The molecule has 0 bridgehead atoms. The van der Waals surface area contributed by atoms with Gasteiger partial charge in [0.25, 0.3) is 7.52 Å². The molecule has 0 spiro atoms. The highest BCUT2D eigenvalue weighted by Gasteiger charge is 2.21. The van der Waals surface area contributed by atoms with Crippen molar-refractivity contribution in [3.63, 3.8) is 0 Å². The first-order chi connectivity index (χ1) is 9.55. The Morgan fingerprint density at radius 1 is 1.30 bits per heavy atom. The number of hydrogen-bond donors (Lipinski definition) is 3. The molecule has 0 radical (unpaired) electrons.